The molecular weight excluding hydrogens is 503 g/mol. The van der Waals surface area contributed by atoms with Crippen LogP contribution in [0.15, 0.2) is 84.9 Å². The van der Waals surface area contributed by atoms with E-state index in [1.807, 2.05) is 54.6 Å². The number of carbonyl (C=O) groups is 3. The van der Waals surface area contributed by atoms with Gasteiger partial charge in [-0.25, -0.2) is 0 Å². The van der Waals surface area contributed by atoms with Gasteiger partial charge >= 0.3 is 29.6 Å². The Balaban J connectivity index is 0.000000207. The fourth-order valence-corrected chi connectivity index (χ4v) is 5.37. The molecule has 0 saturated heterocycles. The molecule has 0 saturated carbocycles. The van der Waals surface area contributed by atoms with Gasteiger partial charge in [-0.15, -0.1) is 0 Å². The maximum Gasteiger partial charge on any atom is 1.00 e. The first kappa shape index (κ1) is 30.3. The number of ketones is 2. The smallest absolute Gasteiger partial charge is 0.549 e. The van der Waals surface area contributed by atoms with Gasteiger partial charge in [-0.05, 0) is 49.9 Å². The molecule has 0 spiro atoms. The van der Waals surface area contributed by atoms with E-state index in [0.29, 0.717) is 35.8 Å². The van der Waals surface area contributed by atoms with Crippen LogP contribution in [0.3, 0.4) is 0 Å². The monoisotopic (exact) mass is 534 g/mol. The molecule has 2 aromatic heterocycles. The molecule has 2 N–H and O–H groups in total. The van der Waals surface area contributed by atoms with E-state index in [1.54, 1.807) is 35.8 Å². The summed E-state index contributed by atoms with van der Waals surface area (Å²) in [5, 5.41) is 11.3. The van der Waals surface area contributed by atoms with Gasteiger partial charge < -0.3 is 24.5 Å². The molecule has 39 heavy (non-hydrogen) atoms. The van der Waals surface area contributed by atoms with Crippen molar-refractivity contribution in [1.29, 1.82) is 0 Å². The minimum atomic E-state index is -1.09. The number of hydrogen-bond acceptors (Lipinski definition) is 4. The Morgan fingerprint density at radius 3 is 1.82 bits per heavy atom. The quantitative estimate of drug-likeness (QED) is 0.274. The van der Waals surface area contributed by atoms with Crippen molar-refractivity contribution in [3.05, 3.63) is 119 Å². The van der Waals surface area contributed by atoms with Crippen molar-refractivity contribution in [3.63, 3.8) is 0 Å². The second-order valence-electron chi connectivity index (χ2n) is 10.0. The molecule has 0 bridgehead atoms. The number of carbonyl (C=O) groups excluding carboxylic acids is 3. The Morgan fingerprint density at radius 2 is 1.28 bits per heavy atom. The summed E-state index contributed by atoms with van der Waals surface area (Å²) in [6, 6.07) is 26.0. The van der Waals surface area contributed by atoms with Crippen molar-refractivity contribution in [2.45, 2.75) is 51.1 Å². The summed E-state index contributed by atoms with van der Waals surface area (Å²) in [5.41, 5.74) is 3.69. The number of aliphatic carboxylic acids is 1. The zero-order chi connectivity index (χ0) is 26.2. The number of rotatable bonds is 5. The first-order valence-corrected chi connectivity index (χ1v) is 12.6. The molecule has 0 aliphatic carbocycles. The fraction of sp³-hybridized carbons (Fsp3) is 0.258. The maximum absolute atomic E-state index is 12.5. The molecule has 4 heterocycles. The number of carboxylic acids is 1. The number of carboxylic acid groups (broad SMARTS) is 1. The van der Waals surface area contributed by atoms with E-state index in [1.165, 1.54) is 5.69 Å². The van der Waals surface area contributed by atoms with Crippen molar-refractivity contribution >= 4 is 17.5 Å². The predicted molar refractivity (Wildman–Crippen MR) is 142 cm³/mol. The third-order valence-corrected chi connectivity index (χ3v) is 7.67. The van der Waals surface area contributed by atoms with Crippen LogP contribution in [0.2, 0.25) is 0 Å². The maximum atomic E-state index is 12.5. The van der Waals surface area contributed by atoms with E-state index in [9.17, 15) is 19.5 Å². The van der Waals surface area contributed by atoms with Gasteiger partial charge in [0.05, 0.1) is 17.4 Å². The first-order valence-electron chi connectivity index (χ1n) is 12.6. The van der Waals surface area contributed by atoms with Crippen LogP contribution in [0, 0.1) is 0 Å². The average Bonchev–Trinajstić information content (AvgIpc) is 3.69. The molecule has 2 unspecified atom stereocenters. The van der Waals surface area contributed by atoms with E-state index in [2.05, 4.69) is 17.6 Å². The third-order valence-electron chi connectivity index (χ3n) is 7.67. The van der Waals surface area contributed by atoms with E-state index in [-0.39, 0.29) is 46.6 Å². The van der Waals surface area contributed by atoms with Gasteiger partial charge in [-0.2, -0.15) is 0 Å². The molecule has 6 rings (SSSR count). The Kier molecular flexibility index (Phi) is 9.56. The van der Waals surface area contributed by atoms with Gasteiger partial charge in [0.15, 0.2) is 0 Å². The van der Waals surface area contributed by atoms with E-state index < -0.39 is 11.4 Å². The topological polar surface area (TPSA) is 116 Å². The summed E-state index contributed by atoms with van der Waals surface area (Å²) >= 11 is 0. The Bertz CT molecular complexity index is 1480. The second-order valence-corrected chi connectivity index (χ2v) is 10.0. The molecular formula is C31H31N2NaO5. The molecule has 0 radical (unpaired) electrons. The minimum Gasteiger partial charge on any atom is -0.549 e. The molecule has 2 aliphatic heterocycles. The Morgan fingerprint density at radius 1 is 0.769 bits per heavy atom. The number of nitrogens with zero attached hydrogens (tertiary/aromatic N) is 2. The van der Waals surface area contributed by atoms with Crippen molar-refractivity contribution in [2.24, 2.45) is 0 Å². The Labute approximate surface area is 250 Å². The molecule has 2 aromatic carbocycles. The zero-order valence-electron chi connectivity index (χ0n) is 22.5. The standard InChI is InChI=1S/C16H15NO3.C15H15NO.Na.H2O/c1-16(15(19)20)9-10-17-12(7-8-13(16)17)14(18)11-5-3-2-4-6-11;1-11-9-10-16-13(11)7-8-14(16)15(17)12-5-3-2-4-6-12;;/h2-8H,9-10H2,1H3,(H,19,20);2-8,11H,9-10H2,1H3;;1H2/q;;+1;/p-1. The summed E-state index contributed by atoms with van der Waals surface area (Å²) < 4.78 is 3.96. The molecule has 8 heteroatoms. The van der Waals surface area contributed by atoms with Gasteiger partial charge in [-0.1, -0.05) is 67.6 Å². The van der Waals surface area contributed by atoms with Gasteiger partial charge in [0, 0.05) is 41.0 Å². The number of fused-ring (bicyclic) bond motifs is 2. The van der Waals surface area contributed by atoms with Gasteiger partial charge in [0.2, 0.25) is 11.6 Å². The van der Waals surface area contributed by atoms with Crippen LogP contribution in [0.5, 0.6) is 0 Å². The van der Waals surface area contributed by atoms with Crippen LogP contribution in [-0.4, -0.2) is 32.1 Å². The van der Waals surface area contributed by atoms with Crippen molar-refractivity contribution in [1.82, 2.24) is 9.13 Å². The van der Waals surface area contributed by atoms with E-state index >= 15 is 0 Å². The van der Waals surface area contributed by atoms with Crippen LogP contribution in [0.4, 0.5) is 0 Å². The van der Waals surface area contributed by atoms with E-state index in [4.69, 9.17) is 0 Å². The first-order chi connectivity index (χ1) is 17.8. The minimum absolute atomic E-state index is 0. The third kappa shape index (κ3) is 5.58. The van der Waals surface area contributed by atoms with Crippen molar-refractivity contribution in [3.8, 4) is 0 Å². The summed E-state index contributed by atoms with van der Waals surface area (Å²) in [6.07, 6.45) is 1.60. The van der Waals surface area contributed by atoms with Crippen LogP contribution >= 0.6 is 0 Å². The second kappa shape index (κ2) is 12.3. The van der Waals surface area contributed by atoms with Crippen molar-refractivity contribution < 1.29 is 54.5 Å². The summed E-state index contributed by atoms with van der Waals surface area (Å²) in [6.45, 7) is 5.37. The molecule has 0 amide bonds. The normalized spacial score (nSPS) is 18.5. The van der Waals surface area contributed by atoms with Crippen LogP contribution < -0.4 is 34.7 Å². The van der Waals surface area contributed by atoms with Gasteiger partial charge in [-0.3, -0.25) is 9.59 Å². The summed E-state index contributed by atoms with van der Waals surface area (Å²) in [4.78, 5) is 36.1. The number of hydrogen-bond donors (Lipinski definition) is 0. The van der Waals surface area contributed by atoms with Gasteiger partial charge in [0.1, 0.15) is 0 Å². The summed E-state index contributed by atoms with van der Waals surface area (Å²) in [5.74, 6) is -0.467. The van der Waals surface area contributed by atoms with Crippen LogP contribution in [-0.2, 0) is 23.3 Å². The van der Waals surface area contributed by atoms with Crippen LogP contribution in [0.25, 0.3) is 0 Å². The Hall–Kier alpha value is -3.23. The van der Waals surface area contributed by atoms with E-state index in [0.717, 1.165) is 24.2 Å². The molecule has 2 atom stereocenters. The van der Waals surface area contributed by atoms with Gasteiger partial charge in [0.25, 0.3) is 0 Å². The van der Waals surface area contributed by atoms with Crippen molar-refractivity contribution in [2.75, 3.05) is 0 Å². The average molecular weight is 535 g/mol. The SMILES string of the molecule is CC1(C(=O)[O-])CCn2c(C(=O)c3ccccc3)ccc21.CC1CCn2c(C(=O)c3ccccc3)ccc21.O.[Na+]. The number of benzene rings is 2. The predicted octanol–water partition coefficient (Wildman–Crippen LogP) is 0.536. The molecule has 2 aliphatic rings. The largest absolute Gasteiger partial charge is 1.00 e. The molecule has 0 fully saturated rings. The molecule has 196 valence electrons. The molecule has 4 aromatic rings. The number of aromatic nitrogens is 2. The van der Waals surface area contributed by atoms with Crippen LogP contribution in [0.1, 0.15) is 76.1 Å². The fourth-order valence-electron chi connectivity index (χ4n) is 5.37. The summed E-state index contributed by atoms with van der Waals surface area (Å²) in [7, 11) is 0. The zero-order valence-corrected chi connectivity index (χ0v) is 24.5. The molecule has 7 nitrogen and oxygen atoms in total.